The summed E-state index contributed by atoms with van der Waals surface area (Å²) in [7, 11) is 1.65. The maximum absolute atomic E-state index is 12.2. The van der Waals surface area contributed by atoms with Crippen LogP contribution in [-0.2, 0) is 11.2 Å². The number of hydrogen-bond acceptors (Lipinski definition) is 5. The van der Waals surface area contributed by atoms with Crippen molar-refractivity contribution < 1.29 is 18.7 Å². The van der Waals surface area contributed by atoms with Crippen LogP contribution >= 0.6 is 0 Å². The van der Waals surface area contributed by atoms with E-state index in [1.807, 2.05) is 36.4 Å². The molecule has 0 radical (unpaired) electrons. The number of nitrogens with zero attached hydrogens (tertiary/aromatic N) is 1. The van der Waals surface area contributed by atoms with Crippen LogP contribution in [0, 0.1) is 0 Å². The lowest BCUT2D eigenvalue weighted by Gasteiger charge is -2.33. The largest absolute Gasteiger partial charge is 0.496 e. The molecule has 2 amide bonds. The molecule has 2 N–H and O–H groups in total. The van der Waals surface area contributed by atoms with E-state index in [-0.39, 0.29) is 12.1 Å². The van der Waals surface area contributed by atoms with Crippen LogP contribution in [0.2, 0.25) is 0 Å². The molecule has 1 atom stereocenters. The minimum absolute atomic E-state index is 0.00358. The van der Waals surface area contributed by atoms with Gasteiger partial charge in [0.05, 0.1) is 32.6 Å². The second-order valence-electron chi connectivity index (χ2n) is 6.38. The van der Waals surface area contributed by atoms with E-state index in [0.29, 0.717) is 32.7 Å². The number of hydrogen-bond donors (Lipinski definition) is 2. The summed E-state index contributed by atoms with van der Waals surface area (Å²) in [6.45, 7) is 4.05. The zero-order valence-electron chi connectivity index (χ0n) is 15.6. The van der Waals surface area contributed by atoms with Gasteiger partial charge in [-0.3, -0.25) is 4.90 Å². The number of benzene rings is 1. The molecule has 1 saturated heterocycles. The highest BCUT2D eigenvalue weighted by atomic mass is 16.5. The molecule has 1 aromatic heterocycles. The smallest absolute Gasteiger partial charge is 0.314 e. The molecule has 2 aromatic rings. The summed E-state index contributed by atoms with van der Waals surface area (Å²) in [4.78, 5) is 14.5. The van der Waals surface area contributed by atoms with Crippen molar-refractivity contribution in [2.45, 2.75) is 12.5 Å². The fraction of sp³-hybridized carbons (Fsp3) is 0.450. The van der Waals surface area contributed by atoms with E-state index in [0.717, 1.165) is 30.2 Å². The van der Waals surface area contributed by atoms with Gasteiger partial charge in [-0.2, -0.15) is 0 Å². The molecule has 7 nitrogen and oxygen atoms in total. The fourth-order valence-electron chi connectivity index (χ4n) is 3.25. The Bertz CT molecular complexity index is 699. The SMILES string of the molecule is COc1ccccc1CCNC(=O)NCC(c1ccco1)N1CCOCC1. The van der Waals surface area contributed by atoms with E-state index in [4.69, 9.17) is 13.9 Å². The number of morpholine rings is 1. The molecule has 0 saturated carbocycles. The quantitative estimate of drug-likeness (QED) is 0.742. The highest BCUT2D eigenvalue weighted by Crippen LogP contribution is 2.21. The van der Waals surface area contributed by atoms with Crippen molar-refractivity contribution in [3.8, 4) is 5.75 Å². The van der Waals surface area contributed by atoms with E-state index < -0.39 is 0 Å². The first-order valence-electron chi connectivity index (χ1n) is 9.26. The molecule has 146 valence electrons. The summed E-state index contributed by atoms with van der Waals surface area (Å²) in [6.07, 6.45) is 2.37. The van der Waals surface area contributed by atoms with Crippen molar-refractivity contribution in [2.75, 3.05) is 46.5 Å². The molecule has 1 fully saturated rings. The molecule has 0 bridgehead atoms. The van der Waals surface area contributed by atoms with Crippen LogP contribution in [0.1, 0.15) is 17.4 Å². The second-order valence-corrected chi connectivity index (χ2v) is 6.38. The Morgan fingerprint density at radius 2 is 2.00 bits per heavy atom. The van der Waals surface area contributed by atoms with Gasteiger partial charge in [0.15, 0.2) is 0 Å². The van der Waals surface area contributed by atoms with Crippen molar-refractivity contribution in [3.63, 3.8) is 0 Å². The molecule has 1 aliphatic rings. The van der Waals surface area contributed by atoms with Gasteiger partial charge in [-0.15, -0.1) is 0 Å². The number of urea groups is 1. The lowest BCUT2D eigenvalue weighted by atomic mass is 10.1. The van der Waals surface area contributed by atoms with E-state index in [2.05, 4.69) is 15.5 Å². The Balaban J connectivity index is 1.47. The highest BCUT2D eigenvalue weighted by molar-refractivity contribution is 5.73. The van der Waals surface area contributed by atoms with Gasteiger partial charge in [0.1, 0.15) is 11.5 Å². The summed E-state index contributed by atoms with van der Waals surface area (Å²) in [6, 6.07) is 11.5. The van der Waals surface area contributed by atoms with Crippen LogP contribution in [-0.4, -0.2) is 57.4 Å². The lowest BCUT2D eigenvalue weighted by Crippen LogP contribution is -2.45. The molecule has 1 aromatic carbocycles. The first-order valence-corrected chi connectivity index (χ1v) is 9.26. The summed E-state index contributed by atoms with van der Waals surface area (Å²) < 4.78 is 16.3. The van der Waals surface area contributed by atoms with Crippen molar-refractivity contribution in [3.05, 3.63) is 54.0 Å². The van der Waals surface area contributed by atoms with Gasteiger partial charge >= 0.3 is 6.03 Å². The molecule has 1 aliphatic heterocycles. The Morgan fingerprint density at radius 1 is 1.19 bits per heavy atom. The minimum atomic E-state index is -0.185. The van der Waals surface area contributed by atoms with E-state index >= 15 is 0 Å². The molecular formula is C20H27N3O4. The van der Waals surface area contributed by atoms with Gasteiger partial charge in [0.25, 0.3) is 0 Å². The van der Waals surface area contributed by atoms with Crippen LogP contribution in [0.4, 0.5) is 4.79 Å². The zero-order valence-corrected chi connectivity index (χ0v) is 15.6. The number of nitrogens with one attached hydrogen (secondary N) is 2. The van der Waals surface area contributed by atoms with Gasteiger partial charge < -0.3 is 24.5 Å². The van der Waals surface area contributed by atoms with Crippen molar-refractivity contribution in [1.29, 1.82) is 0 Å². The van der Waals surface area contributed by atoms with Crippen LogP contribution in [0.15, 0.2) is 47.1 Å². The average molecular weight is 373 g/mol. The maximum Gasteiger partial charge on any atom is 0.314 e. The number of rotatable bonds is 8. The summed E-state index contributed by atoms with van der Waals surface area (Å²) >= 11 is 0. The summed E-state index contributed by atoms with van der Waals surface area (Å²) in [5, 5.41) is 5.87. The number of ether oxygens (including phenoxy) is 2. The van der Waals surface area contributed by atoms with Gasteiger partial charge in [-0.25, -0.2) is 4.79 Å². The second kappa shape index (κ2) is 9.99. The van der Waals surface area contributed by atoms with Crippen LogP contribution in [0.5, 0.6) is 5.75 Å². The number of carbonyl (C=O) groups excluding carboxylic acids is 1. The van der Waals surface area contributed by atoms with Crippen LogP contribution in [0.3, 0.4) is 0 Å². The first-order chi connectivity index (χ1) is 13.3. The monoisotopic (exact) mass is 373 g/mol. The van der Waals surface area contributed by atoms with E-state index in [1.165, 1.54) is 0 Å². The minimum Gasteiger partial charge on any atom is -0.496 e. The number of carbonyl (C=O) groups is 1. The first kappa shape index (κ1) is 19.3. The number of amides is 2. The van der Waals surface area contributed by atoms with Crippen molar-refractivity contribution in [1.82, 2.24) is 15.5 Å². The highest BCUT2D eigenvalue weighted by Gasteiger charge is 2.25. The third-order valence-corrected chi connectivity index (χ3v) is 4.69. The summed E-state index contributed by atoms with van der Waals surface area (Å²) in [5.41, 5.74) is 1.07. The topological polar surface area (TPSA) is 76.0 Å². The van der Waals surface area contributed by atoms with E-state index in [9.17, 15) is 4.79 Å². The van der Waals surface area contributed by atoms with Gasteiger partial charge in [-0.05, 0) is 30.2 Å². The average Bonchev–Trinajstić information content (AvgIpc) is 3.24. The normalized spacial score (nSPS) is 15.9. The van der Waals surface area contributed by atoms with Crippen LogP contribution in [0.25, 0.3) is 0 Å². The molecule has 2 heterocycles. The molecule has 27 heavy (non-hydrogen) atoms. The zero-order chi connectivity index (χ0) is 18.9. The fourth-order valence-corrected chi connectivity index (χ4v) is 3.25. The predicted octanol–water partition coefficient (Wildman–Crippen LogP) is 2.20. The molecule has 0 spiro atoms. The molecule has 0 aliphatic carbocycles. The Labute approximate surface area is 159 Å². The summed E-state index contributed by atoms with van der Waals surface area (Å²) in [5.74, 6) is 1.69. The van der Waals surface area contributed by atoms with Gasteiger partial charge in [0.2, 0.25) is 0 Å². The maximum atomic E-state index is 12.2. The molecule has 7 heteroatoms. The van der Waals surface area contributed by atoms with Crippen LogP contribution < -0.4 is 15.4 Å². The lowest BCUT2D eigenvalue weighted by molar-refractivity contribution is 0.0123. The standard InChI is InChI=1S/C20H27N3O4/c1-25-18-6-3-2-5-16(18)8-9-21-20(24)22-15-17(19-7-4-12-27-19)23-10-13-26-14-11-23/h2-7,12,17H,8-11,13-15H2,1H3,(H2,21,22,24). The Hall–Kier alpha value is -2.51. The molecule has 3 rings (SSSR count). The number of para-hydroxylation sites is 1. The number of furan rings is 1. The molecular weight excluding hydrogens is 346 g/mol. The van der Waals surface area contributed by atoms with Crippen molar-refractivity contribution >= 4 is 6.03 Å². The number of methoxy groups -OCH3 is 1. The third-order valence-electron chi connectivity index (χ3n) is 4.69. The van der Waals surface area contributed by atoms with E-state index in [1.54, 1.807) is 13.4 Å². The third kappa shape index (κ3) is 5.48. The molecule has 1 unspecified atom stereocenters. The predicted molar refractivity (Wildman–Crippen MR) is 102 cm³/mol. The van der Waals surface area contributed by atoms with Gasteiger partial charge in [0, 0.05) is 26.2 Å². The Morgan fingerprint density at radius 3 is 2.74 bits per heavy atom. The van der Waals surface area contributed by atoms with Crippen molar-refractivity contribution in [2.24, 2.45) is 0 Å². The Kier molecular flexibility index (Phi) is 7.12. The van der Waals surface area contributed by atoms with Gasteiger partial charge in [-0.1, -0.05) is 18.2 Å².